The number of fused-ring (bicyclic) bond motifs is 1. The van der Waals surface area contributed by atoms with E-state index in [0.717, 1.165) is 32.6 Å². The highest BCUT2D eigenvalue weighted by atomic mass is 16.2. The van der Waals surface area contributed by atoms with Gasteiger partial charge in [0.15, 0.2) is 0 Å². The minimum absolute atomic E-state index is 0.123. The van der Waals surface area contributed by atoms with Gasteiger partial charge >= 0.3 is 6.03 Å². The maximum Gasteiger partial charge on any atom is 0.335 e. The van der Waals surface area contributed by atoms with Crippen LogP contribution in [0, 0.1) is 20.8 Å². The van der Waals surface area contributed by atoms with Crippen molar-refractivity contribution in [3.63, 3.8) is 0 Å². The number of carbonyl (C=O) groups excluding carboxylic acids is 3. The van der Waals surface area contributed by atoms with Gasteiger partial charge in [0.05, 0.1) is 17.1 Å². The van der Waals surface area contributed by atoms with Crippen molar-refractivity contribution in [3.8, 4) is 5.69 Å². The third-order valence-corrected chi connectivity index (χ3v) is 6.02. The number of barbiturate groups is 1. The van der Waals surface area contributed by atoms with Gasteiger partial charge in [0, 0.05) is 16.6 Å². The van der Waals surface area contributed by atoms with E-state index in [-0.39, 0.29) is 5.57 Å². The van der Waals surface area contributed by atoms with E-state index in [1.807, 2.05) is 75.4 Å². The van der Waals surface area contributed by atoms with E-state index in [1.54, 1.807) is 16.8 Å². The molecule has 0 aliphatic carbocycles. The summed E-state index contributed by atoms with van der Waals surface area (Å²) in [5.74, 6) is -1.40. The van der Waals surface area contributed by atoms with Crippen LogP contribution in [0.4, 0.5) is 10.5 Å². The molecule has 4 amide bonds. The highest BCUT2D eigenvalue weighted by Gasteiger charge is 2.37. The highest BCUT2D eigenvalue weighted by Crippen LogP contribution is 2.30. The van der Waals surface area contributed by atoms with Crippen molar-refractivity contribution in [3.05, 3.63) is 94.8 Å². The van der Waals surface area contributed by atoms with Gasteiger partial charge in [-0.2, -0.15) is 5.10 Å². The molecular formula is C27H22N4O3. The molecule has 0 radical (unpaired) electrons. The molecule has 0 saturated carbocycles. The van der Waals surface area contributed by atoms with Crippen molar-refractivity contribution >= 4 is 40.4 Å². The number of nitrogens with zero attached hydrogens (tertiary/aromatic N) is 3. The van der Waals surface area contributed by atoms with E-state index in [9.17, 15) is 14.4 Å². The number of amides is 4. The lowest BCUT2D eigenvalue weighted by Gasteiger charge is -2.27. The molecule has 5 rings (SSSR count). The second kappa shape index (κ2) is 8.12. The Hall–Kier alpha value is -4.52. The van der Waals surface area contributed by atoms with Crippen molar-refractivity contribution in [1.82, 2.24) is 15.1 Å². The quantitative estimate of drug-likeness (QED) is 0.365. The SMILES string of the molecule is Cc1ccc(-n2nc(C)c(/C=C3\C(=O)NC(=O)N(c4cccc5ccccc45)C3=O)c2C)cc1. The minimum atomic E-state index is -0.771. The van der Waals surface area contributed by atoms with Crippen LogP contribution in [0.1, 0.15) is 22.5 Å². The average molecular weight is 450 g/mol. The topological polar surface area (TPSA) is 84.3 Å². The Kier molecular flexibility index (Phi) is 5.09. The fourth-order valence-electron chi connectivity index (χ4n) is 4.22. The van der Waals surface area contributed by atoms with Crippen molar-refractivity contribution in [2.45, 2.75) is 20.8 Å². The first-order chi connectivity index (χ1) is 16.3. The summed E-state index contributed by atoms with van der Waals surface area (Å²) in [5, 5.41) is 8.54. The fraction of sp³-hybridized carbons (Fsp3) is 0.111. The number of hydrogen-bond acceptors (Lipinski definition) is 4. The molecule has 7 nitrogen and oxygen atoms in total. The number of hydrogen-bond donors (Lipinski definition) is 1. The Morgan fingerprint density at radius 2 is 1.56 bits per heavy atom. The molecule has 0 atom stereocenters. The van der Waals surface area contributed by atoms with E-state index in [2.05, 4.69) is 10.4 Å². The highest BCUT2D eigenvalue weighted by molar-refractivity contribution is 6.40. The average Bonchev–Trinajstić information content (AvgIpc) is 3.10. The first-order valence-electron chi connectivity index (χ1n) is 10.9. The Morgan fingerprint density at radius 3 is 2.32 bits per heavy atom. The van der Waals surface area contributed by atoms with E-state index in [0.29, 0.717) is 16.9 Å². The van der Waals surface area contributed by atoms with E-state index < -0.39 is 17.8 Å². The van der Waals surface area contributed by atoms with Crippen LogP contribution in [0.3, 0.4) is 0 Å². The zero-order valence-electron chi connectivity index (χ0n) is 19.0. The molecule has 1 aliphatic rings. The second-order valence-electron chi connectivity index (χ2n) is 8.29. The largest absolute Gasteiger partial charge is 0.335 e. The van der Waals surface area contributed by atoms with Crippen LogP contribution in [0.2, 0.25) is 0 Å². The lowest BCUT2D eigenvalue weighted by Crippen LogP contribution is -2.54. The number of urea groups is 1. The van der Waals surface area contributed by atoms with Crippen molar-refractivity contribution < 1.29 is 14.4 Å². The number of imide groups is 2. The number of nitrogens with one attached hydrogen (secondary N) is 1. The molecule has 1 aromatic heterocycles. The first kappa shape index (κ1) is 21.3. The molecule has 1 saturated heterocycles. The predicted molar refractivity (Wildman–Crippen MR) is 131 cm³/mol. The van der Waals surface area contributed by atoms with Crippen LogP contribution in [-0.2, 0) is 9.59 Å². The molecular weight excluding hydrogens is 428 g/mol. The van der Waals surface area contributed by atoms with Crippen LogP contribution in [0.5, 0.6) is 0 Å². The molecule has 2 heterocycles. The monoisotopic (exact) mass is 450 g/mol. The normalized spacial score (nSPS) is 15.3. The van der Waals surface area contributed by atoms with Crippen LogP contribution in [-0.4, -0.2) is 27.6 Å². The van der Waals surface area contributed by atoms with Crippen LogP contribution in [0.15, 0.2) is 72.3 Å². The van der Waals surface area contributed by atoms with Crippen LogP contribution < -0.4 is 10.2 Å². The summed E-state index contributed by atoms with van der Waals surface area (Å²) in [4.78, 5) is 40.0. The molecule has 0 bridgehead atoms. The molecule has 0 unspecified atom stereocenters. The maximum absolute atomic E-state index is 13.5. The molecule has 4 aromatic rings. The Bertz CT molecular complexity index is 1510. The van der Waals surface area contributed by atoms with Crippen molar-refractivity contribution in [1.29, 1.82) is 0 Å². The van der Waals surface area contributed by atoms with Gasteiger partial charge in [-0.1, -0.05) is 54.1 Å². The third kappa shape index (κ3) is 3.47. The van der Waals surface area contributed by atoms with Crippen molar-refractivity contribution in [2.75, 3.05) is 4.90 Å². The lowest BCUT2D eigenvalue weighted by atomic mass is 10.0. The Labute approximate surface area is 196 Å². The molecule has 34 heavy (non-hydrogen) atoms. The second-order valence-corrected chi connectivity index (χ2v) is 8.29. The number of aryl methyl sites for hydroxylation is 2. The van der Waals surface area contributed by atoms with Gasteiger partial charge in [-0.05, 0) is 50.4 Å². The number of rotatable bonds is 3. The van der Waals surface area contributed by atoms with Gasteiger partial charge in [0.25, 0.3) is 11.8 Å². The molecule has 1 N–H and O–H groups in total. The molecule has 3 aromatic carbocycles. The Morgan fingerprint density at radius 1 is 0.853 bits per heavy atom. The third-order valence-electron chi connectivity index (χ3n) is 6.02. The molecule has 7 heteroatoms. The number of carbonyl (C=O) groups is 3. The summed E-state index contributed by atoms with van der Waals surface area (Å²) in [7, 11) is 0. The van der Waals surface area contributed by atoms with Gasteiger partial charge in [0.1, 0.15) is 5.57 Å². The summed E-state index contributed by atoms with van der Waals surface area (Å²) >= 11 is 0. The number of aromatic nitrogens is 2. The van der Waals surface area contributed by atoms with Gasteiger partial charge in [-0.15, -0.1) is 0 Å². The number of benzene rings is 3. The summed E-state index contributed by atoms with van der Waals surface area (Å²) in [6, 6.07) is 20.0. The molecule has 168 valence electrons. The Balaban J connectivity index is 1.60. The zero-order chi connectivity index (χ0) is 24.0. The zero-order valence-corrected chi connectivity index (χ0v) is 19.0. The van der Waals surface area contributed by atoms with E-state index in [1.165, 1.54) is 6.08 Å². The lowest BCUT2D eigenvalue weighted by molar-refractivity contribution is -0.122. The van der Waals surface area contributed by atoms with Gasteiger partial charge in [-0.3, -0.25) is 14.9 Å². The van der Waals surface area contributed by atoms with Gasteiger partial charge in [-0.25, -0.2) is 14.4 Å². The smallest absolute Gasteiger partial charge is 0.273 e. The summed E-state index contributed by atoms with van der Waals surface area (Å²) in [6.45, 7) is 5.71. The fourth-order valence-corrected chi connectivity index (χ4v) is 4.22. The van der Waals surface area contributed by atoms with Crippen molar-refractivity contribution in [2.24, 2.45) is 0 Å². The molecule has 1 aliphatic heterocycles. The van der Waals surface area contributed by atoms with E-state index in [4.69, 9.17) is 0 Å². The van der Waals surface area contributed by atoms with E-state index >= 15 is 0 Å². The summed E-state index contributed by atoms with van der Waals surface area (Å²) in [5.41, 5.74) is 4.41. The van der Waals surface area contributed by atoms with Gasteiger partial charge < -0.3 is 0 Å². The van der Waals surface area contributed by atoms with Crippen LogP contribution >= 0.6 is 0 Å². The number of anilines is 1. The van der Waals surface area contributed by atoms with Gasteiger partial charge in [0.2, 0.25) is 0 Å². The predicted octanol–water partition coefficient (Wildman–Crippen LogP) is 4.62. The van der Waals surface area contributed by atoms with Crippen LogP contribution in [0.25, 0.3) is 22.5 Å². The minimum Gasteiger partial charge on any atom is -0.273 e. The summed E-state index contributed by atoms with van der Waals surface area (Å²) in [6.07, 6.45) is 1.52. The standard InChI is InChI=1S/C27H22N4O3/c1-16-11-13-20(14-12-16)31-18(3)22(17(2)29-31)15-23-25(32)28-27(34)30(26(23)33)24-10-6-8-19-7-4-5-9-21(19)24/h4-15H,1-3H3,(H,28,32,34)/b23-15+. The summed E-state index contributed by atoms with van der Waals surface area (Å²) < 4.78 is 1.78. The maximum atomic E-state index is 13.5. The first-order valence-corrected chi connectivity index (χ1v) is 10.9. The molecule has 0 spiro atoms. The molecule has 1 fully saturated rings.